The van der Waals surface area contributed by atoms with Gasteiger partial charge in [0.2, 0.25) is 0 Å². The molecule has 0 aromatic heterocycles. The fourth-order valence-electron chi connectivity index (χ4n) is 2.46. The van der Waals surface area contributed by atoms with Crippen LogP contribution in [0.5, 0.6) is 0 Å². The molecule has 0 amide bonds. The zero-order valence-corrected chi connectivity index (χ0v) is 9.84. The lowest BCUT2D eigenvalue weighted by atomic mass is 9.84. The van der Waals surface area contributed by atoms with Gasteiger partial charge in [0.1, 0.15) is 0 Å². The van der Waals surface area contributed by atoms with Crippen LogP contribution in [0.4, 0.5) is 0 Å². The molecular formula is C13H18OS. The van der Waals surface area contributed by atoms with Crippen LogP contribution < -0.4 is 0 Å². The van der Waals surface area contributed by atoms with Crippen molar-refractivity contribution in [2.75, 3.05) is 0 Å². The Morgan fingerprint density at radius 2 is 1.87 bits per heavy atom. The number of thiol groups is 1. The largest absolute Gasteiger partial charge is 0.392 e. The van der Waals surface area contributed by atoms with Gasteiger partial charge >= 0.3 is 0 Å². The molecule has 1 aromatic rings. The van der Waals surface area contributed by atoms with Crippen LogP contribution in [0.25, 0.3) is 0 Å². The van der Waals surface area contributed by atoms with Crippen molar-refractivity contribution < 1.29 is 5.11 Å². The van der Waals surface area contributed by atoms with E-state index in [2.05, 4.69) is 24.8 Å². The van der Waals surface area contributed by atoms with Crippen LogP contribution in [0.3, 0.4) is 0 Å². The molecule has 0 bridgehead atoms. The molecule has 2 rings (SSSR count). The van der Waals surface area contributed by atoms with Gasteiger partial charge in [0, 0.05) is 4.90 Å². The monoisotopic (exact) mass is 222 g/mol. The summed E-state index contributed by atoms with van der Waals surface area (Å²) < 4.78 is 0. The van der Waals surface area contributed by atoms with Crippen molar-refractivity contribution in [3.05, 3.63) is 29.3 Å². The molecule has 1 nitrogen and oxygen atoms in total. The van der Waals surface area contributed by atoms with Crippen LogP contribution in [0.15, 0.2) is 23.1 Å². The molecule has 1 fully saturated rings. The molecule has 1 aromatic carbocycles. The van der Waals surface area contributed by atoms with E-state index < -0.39 is 0 Å². The predicted molar refractivity (Wildman–Crippen MR) is 65.4 cm³/mol. The summed E-state index contributed by atoms with van der Waals surface area (Å²) in [6.07, 6.45) is 6.65. The number of hydrogen-bond donors (Lipinski definition) is 2. The molecule has 0 spiro atoms. The number of rotatable bonds is 2. The Bertz CT molecular complexity index is 329. The molecule has 82 valence electrons. The summed E-state index contributed by atoms with van der Waals surface area (Å²) in [6, 6.07) is 6.23. The summed E-state index contributed by atoms with van der Waals surface area (Å²) >= 11 is 4.39. The third kappa shape index (κ3) is 2.76. The predicted octanol–water partition coefficient (Wildman–Crippen LogP) is 3.52. The van der Waals surface area contributed by atoms with Crippen molar-refractivity contribution in [3.63, 3.8) is 0 Å². The van der Waals surface area contributed by atoms with Gasteiger partial charge in [0.25, 0.3) is 0 Å². The van der Waals surface area contributed by atoms with E-state index in [-0.39, 0.29) is 6.61 Å². The summed E-state index contributed by atoms with van der Waals surface area (Å²) in [6.45, 7) is 0.119. The Labute approximate surface area is 96.9 Å². The highest BCUT2D eigenvalue weighted by Gasteiger charge is 2.16. The van der Waals surface area contributed by atoms with Crippen LogP contribution in [0.2, 0.25) is 0 Å². The number of aliphatic hydroxyl groups excluding tert-OH is 1. The highest BCUT2D eigenvalue weighted by Crippen LogP contribution is 2.33. The molecule has 1 saturated carbocycles. The highest BCUT2D eigenvalue weighted by molar-refractivity contribution is 7.80. The van der Waals surface area contributed by atoms with Gasteiger partial charge in [-0.15, -0.1) is 12.6 Å². The standard InChI is InChI=1S/C13H18OS/c14-9-10-6-12(8-13(15)7-10)11-4-2-1-3-5-11/h6-8,11,14-15H,1-5,9H2. The fraction of sp³-hybridized carbons (Fsp3) is 0.538. The van der Waals surface area contributed by atoms with Gasteiger partial charge in [-0.1, -0.05) is 25.3 Å². The number of benzene rings is 1. The van der Waals surface area contributed by atoms with Crippen LogP contribution in [-0.4, -0.2) is 5.11 Å². The van der Waals surface area contributed by atoms with E-state index in [1.807, 2.05) is 6.07 Å². The quantitative estimate of drug-likeness (QED) is 0.734. The van der Waals surface area contributed by atoms with E-state index in [4.69, 9.17) is 5.11 Å². The second-order valence-electron chi connectivity index (χ2n) is 4.43. The Kier molecular flexibility index (Phi) is 3.71. The lowest BCUT2D eigenvalue weighted by Crippen LogP contribution is -2.05. The van der Waals surface area contributed by atoms with Crippen LogP contribution in [0, 0.1) is 0 Å². The lowest BCUT2D eigenvalue weighted by Gasteiger charge is -2.22. The van der Waals surface area contributed by atoms with Crippen molar-refractivity contribution in [1.29, 1.82) is 0 Å². The zero-order valence-electron chi connectivity index (χ0n) is 8.95. The summed E-state index contributed by atoms with van der Waals surface area (Å²) in [4.78, 5) is 0.974. The van der Waals surface area contributed by atoms with Crippen LogP contribution in [0.1, 0.15) is 49.1 Å². The third-order valence-electron chi connectivity index (χ3n) is 3.26. The second kappa shape index (κ2) is 5.04. The van der Waals surface area contributed by atoms with E-state index in [0.29, 0.717) is 5.92 Å². The van der Waals surface area contributed by atoms with E-state index in [9.17, 15) is 0 Å². The van der Waals surface area contributed by atoms with Crippen molar-refractivity contribution in [1.82, 2.24) is 0 Å². The molecular weight excluding hydrogens is 204 g/mol. The molecule has 2 heteroatoms. The average molecular weight is 222 g/mol. The Hall–Kier alpha value is -0.470. The first-order valence-corrected chi connectivity index (χ1v) is 6.18. The lowest BCUT2D eigenvalue weighted by molar-refractivity contribution is 0.281. The summed E-state index contributed by atoms with van der Waals surface area (Å²) in [7, 11) is 0. The third-order valence-corrected chi connectivity index (χ3v) is 3.52. The SMILES string of the molecule is OCc1cc(S)cc(C2CCCCC2)c1. The number of hydrogen-bond acceptors (Lipinski definition) is 2. The topological polar surface area (TPSA) is 20.2 Å². The molecule has 15 heavy (non-hydrogen) atoms. The van der Waals surface area contributed by atoms with Gasteiger partial charge in [-0.25, -0.2) is 0 Å². The Balaban J connectivity index is 2.22. The van der Waals surface area contributed by atoms with Gasteiger partial charge in [-0.3, -0.25) is 0 Å². The minimum Gasteiger partial charge on any atom is -0.392 e. The molecule has 0 atom stereocenters. The molecule has 1 N–H and O–H groups in total. The molecule has 0 unspecified atom stereocenters. The van der Waals surface area contributed by atoms with Gasteiger partial charge in [0.15, 0.2) is 0 Å². The summed E-state index contributed by atoms with van der Waals surface area (Å²) in [5.41, 5.74) is 2.36. The van der Waals surface area contributed by atoms with Gasteiger partial charge in [0.05, 0.1) is 6.61 Å². The molecule has 1 aliphatic carbocycles. The Morgan fingerprint density at radius 3 is 2.53 bits per heavy atom. The van der Waals surface area contributed by atoms with Gasteiger partial charge < -0.3 is 5.11 Å². The maximum absolute atomic E-state index is 9.15. The minimum atomic E-state index is 0.119. The van der Waals surface area contributed by atoms with Gasteiger partial charge in [-0.05, 0) is 42.0 Å². The van der Waals surface area contributed by atoms with E-state index in [1.165, 1.54) is 37.7 Å². The minimum absolute atomic E-state index is 0.119. The highest BCUT2D eigenvalue weighted by atomic mass is 32.1. The van der Waals surface area contributed by atoms with Crippen molar-refractivity contribution >= 4 is 12.6 Å². The molecule has 0 heterocycles. The van der Waals surface area contributed by atoms with E-state index in [0.717, 1.165) is 10.5 Å². The summed E-state index contributed by atoms with van der Waals surface area (Å²) in [5.74, 6) is 0.691. The zero-order chi connectivity index (χ0) is 10.7. The fourth-order valence-corrected chi connectivity index (χ4v) is 2.78. The summed E-state index contributed by atoms with van der Waals surface area (Å²) in [5, 5.41) is 9.15. The first-order chi connectivity index (χ1) is 7.29. The molecule has 1 aliphatic rings. The maximum atomic E-state index is 9.15. The maximum Gasteiger partial charge on any atom is 0.0682 e. The number of aliphatic hydroxyl groups is 1. The average Bonchev–Trinajstić information content (AvgIpc) is 2.29. The van der Waals surface area contributed by atoms with Crippen molar-refractivity contribution in [2.24, 2.45) is 0 Å². The van der Waals surface area contributed by atoms with Crippen LogP contribution >= 0.6 is 12.6 Å². The second-order valence-corrected chi connectivity index (χ2v) is 4.94. The normalized spacial score (nSPS) is 18.0. The first kappa shape index (κ1) is 11.0. The van der Waals surface area contributed by atoms with E-state index >= 15 is 0 Å². The molecule has 0 radical (unpaired) electrons. The van der Waals surface area contributed by atoms with E-state index in [1.54, 1.807) is 0 Å². The van der Waals surface area contributed by atoms with Gasteiger partial charge in [-0.2, -0.15) is 0 Å². The van der Waals surface area contributed by atoms with Crippen LogP contribution in [-0.2, 0) is 6.61 Å². The van der Waals surface area contributed by atoms with Crippen molar-refractivity contribution in [3.8, 4) is 0 Å². The van der Waals surface area contributed by atoms with Crippen molar-refractivity contribution in [2.45, 2.75) is 49.5 Å². The first-order valence-electron chi connectivity index (χ1n) is 5.73. The Morgan fingerprint density at radius 1 is 1.13 bits per heavy atom. The smallest absolute Gasteiger partial charge is 0.0682 e. The molecule has 0 aliphatic heterocycles. The molecule has 0 saturated heterocycles.